The van der Waals surface area contributed by atoms with Crippen molar-refractivity contribution in [2.75, 3.05) is 0 Å². The number of esters is 2. The van der Waals surface area contributed by atoms with Gasteiger partial charge in [-0.15, -0.1) is 0 Å². The maximum absolute atomic E-state index is 10.9. The molecule has 4 heteroatoms. The van der Waals surface area contributed by atoms with Crippen LogP contribution in [0.2, 0.25) is 0 Å². The van der Waals surface area contributed by atoms with Crippen molar-refractivity contribution in [1.82, 2.24) is 0 Å². The van der Waals surface area contributed by atoms with Crippen LogP contribution in [-0.4, -0.2) is 11.9 Å². The third-order valence-electron chi connectivity index (χ3n) is 3.44. The van der Waals surface area contributed by atoms with Gasteiger partial charge in [-0.2, -0.15) is 0 Å². The van der Waals surface area contributed by atoms with Crippen LogP contribution >= 0.6 is 0 Å². The van der Waals surface area contributed by atoms with E-state index in [9.17, 15) is 9.59 Å². The molecular formula is C19H20O4. The summed E-state index contributed by atoms with van der Waals surface area (Å²) in [5.74, 6) is 0.789. The third-order valence-corrected chi connectivity index (χ3v) is 3.44. The number of carbonyl (C=O) groups is 2. The van der Waals surface area contributed by atoms with Crippen LogP contribution in [0, 0.1) is 0 Å². The first-order valence-corrected chi connectivity index (χ1v) is 7.50. The Balaban J connectivity index is 1.99. The molecule has 0 N–H and O–H groups in total. The van der Waals surface area contributed by atoms with E-state index >= 15 is 0 Å². The van der Waals surface area contributed by atoms with Crippen LogP contribution in [0.1, 0.15) is 37.8 Å². The second-order valence-corrected chi connectivity index (χ2v) is 5.51. The zero-order valence-electron chi connectivity index (χ0n) is 13.5. The number of benzene rings is 2. The van der Waals surface area contributed by atoms with Gasteiger partial charge < -0.3 is 9.47 Å². The standard InChI is InChI=1S/C19H20O4/c1-13(17-6-10-19(11-7-17)23-15(3)21)12-16-4-8-18(9-5-16)22-14(2)20/h4-11,13H,12H2,1-3H3/t13-/m1/s1. The monoisotopic (exact) mass is 312 g/mol. The van der Waals surface area contributed by atoms with E-state index in [1.54, 1.807) is 24.3 Å². The fourth-order valence-electron chi connectivity index (χ4n) is 2.36. The second kappa shape index (κ2) is 7.58. The molecule has 0 amide bonds. The molecule has 2 aromatic rings. The van der Waals surface area contributed by atoms with Gasteiger partial charge in [0.2, 0.25) is 0 Å². The molecule has 2 aromatic carbocycles. The van der Waals surface area contributed by atoms with Gasteiger partial charge in [-0.1, -0.05) is 31.2 Å². The minimum atomic E-state index is -0.321. The molecule has 1 atom stereocenters. The number of hydrogen-bond acceptors (Lipinski definition) is 4. The van der Waals surface area contributed by atoms with Crippen molar-refractivity contribution in [2.24, 2.45) is 0 Å². The van der Waals surface area contributed by atoms with Gasteiger partial charge in [0.05, 0.1) is 0 Å². The topological polar surface area (TPSA) is 52.6 Å². The minimum absolute atomic E-state index is 0.320. The van der Waals surface area contributed by atoms with E-state index < -0.39 is 0 Å². The van der Waals surface area contributed by atoms with Crippen LogP contribution in [0.15, 0.2) is 48.5 Å². The van der Waals surface area contributed by atoms with E-state index in [0.717, 1.165) is 12.0 Å². The van der Waals surface area contributed by atoms with Gasteiger partial charge in [-0.3, -0.25) is 9.59 Å². The van der Waals surface area contributed by atoms with Gasteiger partial charge in [-0.25, -0.2) is 0 Å². The molecule has 0 aliphatic carbocycles. The predicted molar refractivity (Wildman–Crippen MR) is 87.6 cm³/mol. The highest BCUT2D eigenvalue weighted by molar-refractivity contribution is 5.69. The molecule has 0 radical (unpaired) electrons. The van der Waals surface area contributed by atoms with Gasteiger partial charge >= 0.3 is 11.9 Å². The molecule has 0 heterocycles. The van der Waals surface area contributed by atoms with Crippen molar-refractivity contribution in [2.45, 2.75) is 33.1 Å². The summed E-state index contributed by atoms with van der Waals surface area (Å²) in [4.78, 5) is 21.8. The Morgan fingerprint density at radius 3 is 1.70 bits per heavy atom. The summed E-state index contributed by atoms with van der Waals surface area (Å²) < 4.78 is 10.1. The molecule has 23 heavy (non-hydrogen) atoms. The fraction of sp³-hybridized carbons (Fsp3) is 0.263. The lowest BCUT2D eigenvalue weighted by atomic mass is 9.94. The highest BCUT2D eigenvalue weighted by atomic mass is 16.5. The first-order chi connectivity index (χ1) is 10.9. The van der Waals surface area contributed by atoms with E-state index in [0.29, 0.717) is 17.4 Å². The normalized spacial score (nSPS) is 11.6. The van der Waals surface area contributed by atoms with Gasteiger partial charge in [0.25, 0.3) is 0 Å². The zero-order valence-corrected chi connectivity index (χ0v) is 13.5. The second-order valence-electron chi connectivity index (χ2n) is 5.51. The summed E-state index contributed by atoms with van der Waals surface area (Å²) in [7, 11) is 0. The summed E-state index contributed by atoms with van der Waals surface area (Å²) in [6.45, 7) is 4.91. The maximum Gasteiger partial charge on any atom is 0.308 e. The summed E-state index contributed by atoms with van der Waals surface area (Å²) in [5, 5.41) is 0. The van der Waals surface area contributed by atoms with E-state index in [4.69, 9.17) is 9.47 Å². The summed E-state index contributed by atoms with van der Waals surface area (Å²) in [6.07, 6.45) is 0.868. The smallest absolute Gasteiger partial charge is 0.308 e. The van der Waals surface area contributed by atoms with Crippen LogP contribution in [0.4, 0.5) is 0 Å². The largest absolute Gasteiger partial charge is 0.427 e. The van der Waals surface area contributed by atoms with E-state index in [1.807, 2.05) is 24.3 Å². The predicted octanol–water partition coefficient (Wildman–Crippen LogP) is 3.88. The van der Waals surface area contributed by atoms with Crippen molar-refractivity contribution >= 4 is 11.9 Å². The zero-order chi connectivity index (χ0) is 16.8. The average molecular weight is 312 g/mol. The number of hydrogen-bond donors (Lipinski definition) is 0. The average Bonchev–Trinajstić information content (AvgIpc) is 2.49. The summed E-state index contributed by atoms with van der Waals surface area (Å²) >= 11 is 0. The molecule has 0 spiro atoms. The fourth-order valence-corrected chi connectivity index (χ4v) is 2.36. The molecule has 4 nitrogen and oxygen atoms in total. The van der Waals surface area contributed by atoms with Gasteiger partial charge in [0.15, 0.2) is 0 Å². The van der Waals surface area contributed by atoms with Gasteiger partial charge in [-0.05, 0) is 47.7 Å². The minimum Gasteiger partial charge on any atom is -0.427 e. The first kappa shape index (κ1) is 16.7. The quantitative estimate of drug-likeness (QED) is 0.621. The lowest BCUT2D eigenvalue weighted by Gasteiger charge is -2.13. The van der Waals surface area contributed by atoms with Crippen LogP contribution in [0.5, 0.6) is 11.5 Å². The molecule has 0 aliphatic rings. The highest BCUT2D eigenvalue weighted by Gasteiger charge is 2.08. The molecule has 0 saturated heterocycles. The number of carbonyl (C=O) groups excluding carboxylic acids is 2. The van der Waals surface area contributed by atoms with Gasteiger partial charge in [0.1, 0.15) is 11.5 Å². The Morgan fingerprint density at radius 1 is 0.826 bits per heavy atom. The Hall–Kier alpha value is -2.62. The molecule has 0 bridgehead atoms. The van der Waals surface area contributed by atoms with E-state index in [2.05, 4.69) is 6.92 Å². The molecule has 0 aliphatic heterocycles. The highest BCUT2D eigenvalue weighted by Crippen LogP contribution is 2.24. The Morgan fingerprint density at radius 2 is 1.26 bits per heavy atom. The summed E-state index contributed by atoms with van der Waals surface area (Å²) in [6, 6.07) is 15.1. The van der Waals surface area contributed by atoms with E-state index in [1.165, 1.54) is 19.4 Å². The van der Waals surface area contributed by atoms with Crippen molar-refractivity contribution in [1.29, 1.82) is 0 Å². The summed E-state index contributed by atoms with van der Waals surface area (Å²) in [5.41, 5.74) is 2.34. The van der Waals surface area contributed by atoms with Crippen LogP contribution in [-0.2, 0) is 16.0 Å². The lowest BCUT2D eigenvalue weighted by molar-refractivity contribution is -0.132. The van der Waals surface area contributed by atoms with Crippen LogP contribution < -0.4 is 9.47 Å². The molecule has 120 valence electrons. The Labute approximate surface area is 136 Å². The maximum atomic E-state index is 10.9. The lowest BCUT2D eigenvalue weighted by Crippen LogP contribution is -2.03. The van der Waals surface area contributed by atoms with E-state index in [-0.39, 0.29) is 11.9 Å². The Kier molecular flexibility index (Phi) is 5.52. The molecule has 0 aromatic heterocycles. The number of ether oxygens (including phenoxy) is 2. The molecule has 0 unspecified atom stereocenters. The van der Waals surface area contributed by atoms with Crippen LogP contribution in [0.25, 0.3) is 0 Å². The van der Waals surface area contributed by atoms with Gasteiger partial charge in [0, 0.05) is 13.8 Å². The molecular weight excluding hydrogens is 292 g/mol. The Bertz CT molecular complexity index is 672. The van der Waals surface area contributed by atoms with Crippen LogP contribution in [0.3, 0.4) is 0 Å². The van der Waals surface area contributed by atoms with Crippen molar-refractivity contribution < 1.29 is 19.1 Å². The van der Waals surface area contributed by atoms with Crippen molar-refractivity contribution in [3.63, 3.8) is 0 Å². The first-order valence-electron chi connectivity index (χ1n) is 7.50. The van der Waals surface area contributed by atoms with Crippen molar-refractivity contribution in [3.8, 4) is 11.5 Å². The van der Waals surface area contributed by atoms with Crippen molar-refractivity contribution in [3.05, 3.63) is 59.7 Å². The third kappa shape index (κ3) is 5.25. The molecule has 0 fully saturated rings. The molecule has 0 saturated carbocycles. The SMILES string of the molecule is CC(=O)Oc1ccc(C[C@@H](C)c2ccc(OC(C)=O)cc2)cc1. The molecule has 2 rings (SSSR count). The number of rotatable bonds is 5.